The minimum atomic E-state index is 0.801. The Morgan fingerprint density at radius 1 is 0.944 bits per heavy atom. The molecule has 2 aliphatic heterocycles. The highest BCUT2D eigenvalue weighted by molar-refractivity contribution is 4.89. The number of hydrogen-bond donors (Lipinski definition) is 1. The van der Waals surface area contributed by atoms with Gasteiger partial charge in [-0.1, -0.05) is 0 Å². The number of hydrogen-bond acceptors (Lipinski definition) is 3. The zero-order valence-electron chi connectivity index (χ0n) is 11.9. The smallest absolute Gasteiger partial charge is 0.0209 e. The summed E-state index contributed by atoms with van der Waals surface area (Å²) in [5.74, 6) is 0.997. The molecule has 3 rings (SSSR count). The number of likely N-dealkylation sites (tertiary alicyclic amines) is 2. The Morgan fingerprint density at radius 3 is 2.44 bits per heavy atom. The summed E-state index contributed by atoms with van der Waals surface area (Å²) in [7, 11) is 2.25. The van der Waals surface area contributed by atoms with Gasteiger partial charge in [-0.15, -0.1) is 0 Å². The van der Waals surface area contributed by atoms with Crippen molar-refractivity contribution in [3.05, 3.63) is 0 Å². The zero-order chi connectivity index (χ0) is 12.4. The molecule has 0 bridgehead atoms. The van der Waals surface area contributed by atoms with Gasteiger partial charge in [-0.05, 0) is 77.7 Å². The molecule has 0 radical (unpaired) electrons. The van der Waals surface area contributed by atoms with Crippen LogP contribution in [0.5, 0.6) is 0 Å². The predicted molar refractivity (Wildman–Crippen MR) is 75.8 cm³/mol. The Morgan fingerprint density at radius 2 is 1.72 bits per heavy atom. The van der Waals surface area contributed by atoms with E-state index in [1.807, 2.05) is 0 Å². The van der Waals surface area contributed by atoms with E-state index >= 15 is 0 Å². The maximum atomic E-state index is 3.78. The monoisotopic (exact) mass is 251 g/mol. The molecular formula is C15H29N3. The molecule has 1 atom stereocenters. The van der Waals surface area contributed by atoms with Crippen molar-refractivity contribution in [1.82, 2.24) is 15.1 Å². The van der Waals surface area contributed by atoms with Crippen LogP contribution in [0.1, 0.15) is 38.5 Å². The highest BCUT2D eigenvalue weighted by Gasteiger charge is 2.29. The Balaban J connectivity index is 1.31. The van der Waals surface area contributed by atoms with Crippen LogP contribution in [0.25, 0.3) is 0 Å². The van der Waals surface area contributed by atoms with E-state index in [1.54, 1.807) is 0 Å². The second-order valence-corrected chi connectivity index (χ2v) is 6.76. The molecule has 0 spiro atoms. The van der Waals surface area contributed by atoms with Gasteiger partial charge < -0.3 is 15.1 Å². The van der Waals surface area contributed by atoms with Gasteiger partial charge in [0.15, 0.2) is 0 Å². The third-order valence-corrected chi connectivity index (χ3v) is 5.01. The summed E-state index contributed by atoms with van der Waals surface area (Å²) in [5, 5.41) is 3.78. The Labute approximate surface area is 112 Å². The quantitative estimate of drug-likeness (QED) is 0.800. The first kappa shape index (κ1) is 12.9. The van der Waals surface area contributed by atoms with Gasteiger partial charge >= 0.3 is 0 Å². The summed E-state index contributed by atoms with van der Waals surface area (Å²) in [6.45, 7) is 6.62. The van der Waals surface area contributed by atoms with Crippen LogP contribution in [-0.2, 0) is 0 Å². The average molecular weight is 251 g/mol. The van der Waals surface area contributed by atoms with Crippen molar-refractivity contribution < 1.29 is 0 Å². The molecule has 3 heteroatoms. The lowest BCUT2D eigenvalue weighted by Gasteiger charge is -2.30. The molecule has 3 aliphatic rings. The standard InChI is InChI=1S/C15H29N3/c1-17-8-4-13(5-9-17)6-10-18-11-7-15(12-18)16-14-2-3-14/h13-16H,2-12H2,1H3. The van der Waals surface area contributed by atoms with Gasteiger partial charge in [0.25, 0.3) is 0 Å². The van der Waals surface area contributed by atoms with Gasteiger partial charge in [0.1, 0.15) is 0 Å². The first-order chi connectivity index (χ1) is 8.79. The molecule has 2 heterocycles. The molecule has 3 fully saturated rings. The number of nitrogens with one attached hydrogen (secondary N) is 1. The lowest BCUT2D eigenvalue weighted by Crippen LogP contribution is -2.35. The van der Waals surface area contributed by atoms with Crippen molar-refractivity contribution >= 4 is 0 Å². The fourth-order valence-electron chi connectivity index (χ4n) is 3.47. The summed E-state index contributed by atoms with van der Waals surface area (Å²) in [4.78, 5) is 5.17. The molecule has 0 aromatic rings. The van der Waals surface area contributed by atoms with Gasteiger partial charge in [0, 0.05) is 18.6 Å². The molecule has 0 aromatic carbocycles. The largest absolute Gasteiger partial charge is 0.310 e. The minimum Gasteiger partial charge on any atom is -0.310 e. The van der Waals surface area contributed by atoms with E-state index in [-0.39, 0.29) is 0 Å². The molecule has 1 saturated carbocycles. The molecule has 1 N–H and O–H groups in total. The minimum absolute atomic E-state index is 0.801. The summed E-state index contributed by atoms with van der Waals surface area (Å²) < 4.78 is 0. The second-order valence-electron chi connectivity index (χ2n) is 6.76. The van der Waals surface area contributed by atoms with Crippen LogP contribution >= 0.6 is 0 Å². The van der Waals surface area contributed by atoms with Gasteiger partial charge in [-0.2, -0.15) is 0 Å². The second kappa shape index (κ2) is 5.89. The van der Waals surface area contributed by atoms with E-state index in [2.05, 4.69) is 22.2 Å². The Hall–Kier alpha value is -0.120. The number of rotatable bonds is 5. The van der Waals surface area contributed by atoms with Crippen LogP contribution in [0, 0.1) is 5.92 Å². The summed E-state index contributed by atoms with van der Waals surface area (Å²) in [6.07, 6.45) is 8.51. The van der Waals surface area contributed by atoms with Gasteiger partial charge in [0.05, 0.1) is 0 Å². The lowest BCUT2D eigenvalue weighted by molar-refractivity contribution is 0.194. The summed E-state index contributed by atoms with van der Waals surface area (Å²) in [5.41, 5.74) is 0. The van der Waals surface area contributed by atoms with Crippen LogP contribution in [-0.4, -0.2) is 61.7 Å². The van der Waals surface area contributed by atoms with Crippen LogP contribution in [0.4, 0.5) is 0 Å². The van der Waals surface area contributed by atoms with Crippen LogP contribution < -0.4 is 5.32 Å². The van der Waals surface area contributed by atoms with E-state index in [9.17, 15) is 0 Å². The molecule has 2 saturated heterocycles. The van der Waals surface area contributed by atoms with E-state index in [4.69, 9.17) is 0 Å². The fraction of sp³-hybridized carbons (Fsp3) is 1.00. The summed E-state index contributed by atoms with van der Waals surface area (Å²) >= 11 is 0. The molecular weight excluding hydrogens is 222 g/mol. The SMILES string of the molecule is CN1CCC(CCN2CCC(NC3CC3)C2)CC1. The molecule has 104 valence electrons. The molecule has 3 nitrogen and oxygen atoms in total. The number of nitrogens with zero attached hydrogens (tertiary/aromatic N) is 2. The Kier molecular flexibility index (Phi) is 4.22. The predicted octanol–water partition coefficient (Wildman–Crippen LogP) is 1.54. The normalized spacial score (nSPS) is 32.2. The van der Waals surface area contributed by atoms with E-state index in [0.29, 0.717) is 0 Å². The zero-order valence-corrected chi connectivity index (χ0v) is 11.9. The molecule has 1 aliphatic carbocycles. The van der Waals surface area contributed by atoms with Crippen molar-refractivity contribution in [2.24, 2.45) is 5.92 Å². The fourth-order valence-corrected chi connectivity index (χ4v) is 3.47. The third-order valence-electron chi connectivity index (χ3n) is 5.01. The third kappa shape index (κ3) is 3.69. The van der Waals surface area contributed by atoms with Crippen molar-refractivity contribution in [1.29, 1.82) is 0 Å². The average Bonchev–Trinajstić information content (AvgIpc) is 3.07. The number of piperidine rings is 1. The lowest BCUT2D eigenvalue weighted by atomic mass is 9.94. The topological polar surface area (TPSA) is 18.5 Å². The Bertz CT molecular complexity index is 256. The van der Waals surface area contributed by atoms with Gasteiger partial charge in [0.2, 0.25) is 0 Å². The van der Waals surface area contributed by atoms with Crippen molar-refractivity contribution in [2.75, 3.05) is 39.8 Å². The first-order valence-corrected chi connectivity index (χ1v) is 7.96. The molecule has 1 unspecified atom stereocenters. The van der Waals surface area contributed by atoms with Gasteiger partial charge in [-0.25, -0.2) is 0 Å². The van der Waals surface area contributed by atoms with Gasteiger partial charge in [-0.3, -0.25) is 0 Å². The maximum absolute atomic E-state index is 3.78. The van der Waals surface area contributed by atoms with Crippen molar-refractivity contribution in [3.63, 3.8) is 0 Å². The first-order valence-electron chi connectivity index (χ1n) is 7.96. The molecule has 0 amide bonds. The molecule has 18 heavy (non-hydrogen) atoms. The highest BCUT2D eigenvalue weighted by atomic mass is 15.2. The van der Waals surface area contributed by atoms with Crippen LogP contribution in [0.15, 0.2) is 0 Å². The van der Waals surface area contributed by atoms with Crippen molar-refractivity contribution in [3.8, 4) is 0 Å². The van der Waals surface area contributed by atoms with E-state index < -0.39 is 0 Å². The van der Waals surface area contributed by atoms with E-state index in [0.717, 1.165) is 18.0 Å². The highest BCUT2D eigenvalue weighted by Crippen LogP contribution is 2.23. The van der Waals surface area contributed by atoms with E-state index in [1.165, 1.54) is 71.2 Å². The summed E-state index contributed by atoms with van der Waals surface area (Å²) in [6, 6.07) is 1.68. The van der Waals surface area contributed by atoms with Crippen LogP contribution in [0.2, 0.25) is 0 Å². The van der Waals surface area contributed by atoms with Crippen LogP contribution in [0.3, 0.4) is 0 Å². The van der Waals surface area contributed by atoms with Crippen molar-refractivity contribution in [2.45, 2.75) is 50.6 Å². The maximum Gasteiger partial charge on any atom is 0.0209 e. The molecule has 0 aromatic heterocycles.